The Labute approximate surface area is 183 Å². The van der Waals surface area contributed by atoms with E-state index in [2.05, 4.69) is 11.1 Å². The second kappa shape index (κ2) is 8.04. The Morgan fingerprint density at radius 1 is 1.16 bits per heavy atom. The van der Waals surface area contributed by atoms with Crippen LogP contribution in [0.4, 0.5) is 0 Å². The summed E-state index contributed by atoms with van der Waals surface area (Å²) in [5.74, 6) is -1.54. The van der Waals surface area contributed by atoms with Crippen molar-refractivity contribution in [2.24, 2.45) is 0 Å². The average molecular weight is 443 g/mol. The lowest BCUT2D eigenvalue weighted by Crippen LogP contribution is -2.69. The highest BCUT2D eigenvalue weighted by Crippen LogP contribution is 2.37. The van der Waals surface area contributed by atoms with Crippen LogP contribution in [0, 0.1) is 0 Å². The summed E-state index contributed by atoms with van der Waals surface area (Å²) in [7, 11) is 0. The summed E-state index contributed by atoms with van der Waals surface area (Å²) in [5, 5.41) is 51.8. The minimum atomic E-state index is -2.64. The maximum atomic E-state index is 10.9. The van der Waals surface area contributed by atoms with Gasteiger partial charge in [-0.15, -0.1) is 0 Å². The number of H-pyrrole nitrogens is 1. The Kier molecular flexibility index (Phi) is 5.32. The average Bonchev–Trinajstić information content (AvgIpc) is 3.42. The largest absolute Gasteiger partial charge is 0.493 e. The zero-order valence-electron chi connectivity index (χ0n) is 17.1. The number of ether oxygens (including phenoxy) is 3. The third-order valence-corrected chi connectivity index (χ3v) is 6.14. The van der Waals surface area contributed by atoms with E-state index in [4.69, 9.17) is 14.2 Å². The van der Waals surface area contributed by atoms with Gasteiger partial charge in [-0.2, -0.15) is 0 Å². The molecule has 0 amide bonds. The fraction of sp³-hybridized carbons (Fsp3) is 0.391. The first-order valence-electron chi connectivity index (χ1n) is 10.5. The van der Waals surface area contributed by atoms with Gasteiger partial charge in [0.2, 0.25) is 6.29 Å². The highest BCUT2D eigenvalue weighted by Gasteiger charge is 2.57. The van der Waals surface area contributed by atoms with Crippen molar-refractivity contribution < 1.29 is 39.7 Å². The molecule has 3 heterocycles. The Hall–Kier alpha value is -2.66. The molecule has 0 saturated carbocycles. The van der Waals surface area contributed by atoms with Crippen LogP contribution in [0.25, 0.3) is 10.9 Å². The van der Waals surface area contributed by atoms with E-state index in [0.717, 1.165) is 34.4 Å². The molecule has 3 aromatic rings. The van der Waals surface area contributed by atoms with Crippen LogP contribution >= 0.6 is 0 Å². The molecule has 9 heteroatoms. The quantitative estimate of drug-likeness (QED) is 0.307. The van der Waals surface area contributed by atoms with Crippen molar-refractivity contribution in [1.82, 2.24) is 4.98 Å². The van der Waals surface area contributed by atoms with Gasteiger partial charge >= 0.3 is 0 Å². The Bertz CT molecular complexity index is 1130. The minimum absolute atomic E-state index is 0.196. The van der Waals surface area contributed by atoms with Crippen molar-refractivity contribution in [3.63, 3.8) is 0 Å². The van der Waals surface area contributed by atoms with Gasteiger partial charge in [0.05, 0.1) is 13.2 Å². The van der Waals surface area contributed by atoms with Crippen LogP contribution in [-0.4, -0.2) is 74.1 Å². The molecule has 1 fully saturated rings. The molecule has 1 aromatic heterocycles. The second-order valence-electron chi connectivity index (χ2n) is 8.21. The lowest BCUT2D eigenvalue weighted by Gasteiger charge is -2.45. The molecule has 2 aliphatic rings. The van der Waals surface area contributed by atoms with Gasteiger partial charge in [-0.1, -0.05) is 18.2 Å². The number of hydrogen-bond acceptors (Lipinski definition) is 8. The molecule has 9 nitrogen and oxygen atoms in total. The van der Waals surface area contributed by atoms with Gasteiger partial charge in [-0.05, 0) is 41.3 Å². The molecular formula is C23H25NO8. The van der Waals surface area contributed by atoms with Gasteiger partial charge in [0.1, 0.15) is 23.7 Å². The molecule has 1 saturated heterocycles. The van der Waals surface area contributed by atoms with E-state index in [9.17, 15) is 25.5 Å². The summed E-state index contributed by atoms with van der Waals surface area (Å²) >= 11 is 0. The Morgan fingerprint density at radius 2 is 2.00 bits per heavy atom. The summed E-state index contributed by atoms with van der Waals surface area (Å²) in [5.41, 5.74) is 3.85. The number of aromatic amines is 1. The maximum Gasteiger partial charge on any atom is 0.288 e. The summed E-state index contributed by atoms with van der Waals surface area (Å²) in [6, 6.07) is 11.2. The predicted octanol–water partition coefficient (Wildman–Crippen LogP) is 0.192. The zero-order valence-corrected chi connectivity index (χ0v) is 17.1. The molecule has 32 heavy (non-hydrogen) atoms. The third kappa shape index (κ3) is 3.43. The van der Waals surface area contributed by atoms with Crippen molar-refractivity contribution in [3.8, 4) is 11.5 Å². The molecule has 170 valence electrons. The number of fused-ring (bicyclic) bond motifs is 2. The molecule has 2 aliphatic heterocycles. The van der Waals surface area contributed by atoms with Gasteiger partial charge in [0.25, 0.3) is 5.79 Å². The van der Waals surface area contributed by atoms with Crippen LogP contribution in [0.1, 0.15) is 16.7 Å². The highest BCUT2D eigenvalue weighted by atomic mass is 16.7. The molecule has 6 N–H and O–H groups in total. The standard InChI is InChI=1S/C23H25NO8/c25-11-18-20(26)21(27)23(29,22(28)31-18)32-17-3-1-2-15-19(17)14(10-24-15)9-12-4-5-16-13(8-12)6-7-30-16/h1-5,8,10,18,20-22,24-29H,6-7,9,11H2/t18-,20-,21+,22?,23+/m1/s1. The molecule has 1 unspecified atom stereocenters. The van der Waals surface area contributed by atoms with Gasteiger partial charge < -0.3 is 44.7 Å². The van der Waals surface area contributed by atoms with Gasteiger partial charge in [-0.3, -0.25) is 0 Å². The number of benzene rings is 2. The first kappa shape index (κ1) is 21.2. The number of aliphatic hydroxyl groups excluding tert-OH is 4. The summed E-state index contributed by atoms with van der Waals surface area (Å²) in [6.07, 6.45) is -3.55. The molecule has 0 aliphatic carbocycles. The molecule has 5 rings (SSSR count). The normalized spacial score (nSPS) is 29.7. The van der Waals surface area contributed by atoms with Crippen molar-refractivity contribution in [1.29, 1.82) is 0 Å². The van der Waals surface area contributed by atoms with Crippen LogP contribution in [0.15, 0.2) is 42.6 Å². The summed E-state index contributed by atoms with van der Waals surface area (Å²) in [4.78, 5) is 3.17. The number of aliphatic hydroxyl groups is 5. The smallest absolute Gasteiger partial charge is 0.288 e. The van der Waals surface area contributed by atoms with Crippen molar-refractivity contribution in [2.45, 2.75) is 43.2 Å². The van der Waals surface area contributed by atoms with Crippen LogP contribution in [-0.2, 0) is 17.6 Å². The molecule has 5 atom stereocenters. The Morgan fingerprint density at radius 3 is 2.81 bits per heavy atom. The molecule has 2 aromatic carbocycles. The topological polar surface area (TPSA) is 145 Å². The van der Waals surface area contributed by atoms with Crippen LogP contribution in [0.5, 0.6) is 11.5 Å². The number of rotatable bonds is 5. The van der Waals surface area contributed by atoms with Crippen molar-refractivity contribution >= 4 is 10.9 Å². The minimum Gasteiger partial charge on any atom is -0.493 e. The zero-order chi connectivity index (χ0) is 22.5. The third-order valence-electron chi connectivity index (χ3n) is 6.14. The second-order valence-corrected chi connectivity index (χ2v) is 8.21. The van der Waals surface area contributed by atoms with E-state index in [1.165, 1.54) is 0 Å². The maximum absolute atomic E-state index is 10.9. The van der Waals surface area contributed by atoms with E-state index in [-0.39, 0.29) is 5.75 Å². The van der Waals surface area contributed by atoms with Crippen LogP contribution in [0.2, 0.25) is 0 Å². The van der Waals surface area contributed by atoms with Gasteiger partial charge in [-0.25, -0.2) is 0 Å². The number of hydrogen-bond donors (Lipinski definition) is 6. The van der Waals surface area contributed by atoms with E-state index in [1.807, 2.05) is 24.4 Å². The molecule has 0 radical (unpaired) electrons. The van der Waals surface area contributed by atoms with Gasteiger partial charge in [0.15, 0.2) is 6.10 Å². The first-order valence-corrected chi connectivity index (χ1v) is 10.5. The van der Waals surface area contributed by atoms with E-state index < -0.39 is 37.0 Å². The van der Waals surface area contributed by atoms with E-state index in [1.54, 1.807) is 12.1 Å². The van der Waals surface area contributed by atoms with Crippen molar-refractivity contribution in [2.75, 3.05) is 13.2 Å². The number of nitrogens with one attached hydrogen (secondary N) is 1. The van der Waals surface area contributed by atoms with E-state index in [0.29, 0.717) is 18.4 Å². The van der Waals surface area contributed by atoms with Crippen LogP contribution in [0.3, 0.4) is 0 Å². The monoisotopic (exact) mass is 443 g/mol. The highest BCUT2D eigenvalue weighted by molar-refractivity contribution is 5.89. The Balaban J connectivity index is 1.48. The fourth-order valence-corrected chi connectivity index (χ4v) is 4.39. The molecular weight excluding hydrogens is 418 g/mol. The first-order chi connectivity index (χ1) is 15.4. The molecule has 0 spiro atoms. The SMILES string of the molecule is OC[C@H]1OC(O)[C@@](O)(Oc2cccc3[nH]cc(Cc4ccc5c(c4)CCO5)c23)[C@@H](O)[C@@H]1O. The van der Waals surface area contributed by atoms with Crippen LogP contribution < -0.4 is 9.47 Å². The van der Waals surface area contributed by atoms with E-state index >= 15 is 0 Å². The lowest BCUT2D eigenvalue weighted by molar-refractivity contribution is -0.385. The summed E-state index contributed by atoms with van der Waals surface area (Å²) < 4.78 is 16.3. The predicted molar refractivity (Wildman–Crippen MR) is 112 cm³/mol. The fourth-order valence-electron chi connectivity index (χ4n) is 4.39. The lowest BCUT2D eigenvalue weighted by atomic mass is 9.95. The van der Waals surface area contributed by atoms with Gasteiger partial charge in [0, 0.05) is 23.5 Å². The number of aromatic nitrogens is 1. The summed E-state index contributed by atoms with van der Waals surface area (Å²) in [6.45, 7) is 0.0346. The van der Waals surface area contributed by atoms with Crippen molar-refractivity contribution in [3.05, 3.63) is 59.3 Å². The molecule has 0 bridgehead atoms.